The molecule has 0 saturated heterocycles. The summed E-state index contributed by atoms with van der Waals surface area (Å²) >= 11 is 6.39. The summed E-state index contributed by atoms with van der Waals surface area (Å²) < 4.78 is 5.89. The van der Waals surface area contributed by atoms with Gasteiger partial charge in [0.1, 0.15) is 11.8 Å². The van der Waals surface area contributed by atoms with Gasteiger partial charge in [0.15, 0.2) is 6.61 Å². The van der Waals surface area contributed by atoms with E-state index in [-0.39, 0.29) is 25.0 Å². The summed E-state index contributed by atoms with van der Waals surface area (Å²) in [5.41, 5.74) is 3.71. The number of carbonyl (C=O) groups excluding carboxylic acids is 2. The molecule has 0 aliphatic rings. The van der Waals surface area contributed by atoms with Gasteiger partial charge in [0.05, 0.1) is 0 Å². The molecule has 3 aromatic rings. The van der Waals surface area contributed by atoms with Crippen molar-refractivity contribution in [2.45, 2.75) is 32.9 Å². The molecule has 3 aromatic carbocycles. The number of rotatable bonds is 9. The molecule has 1 N–H and O–H groups in total. The minimum atomic E-state index is -0.719. The molecule has 5 nitrogen and oxygen atoms in total. The molecule has 6 heteroatoms. The summed E-state index contributed by atoms with van der Waals surface area (Å²) in [5, 5.41) is 3.25. The highest BCUT2D eigenvalue weighted by molar-refractivity contribution is 6.31. The van der Waals surface area contributed by atoms with Crippen molar-refractivity contribution in [3.05, 3.63) is 100 Å². The topological polar surface area (TPSA) is 58.6 Å². The second kappa shape index (κ2) is 11.5. The average molecular weight is 465 g/mol. The first-order valence-electron chi connectivity index (χ1n) is 10.9. The highest BCUT2D eigenvalue weighted by atomic mass is 35.5. The predicted molar refractivity (Wildman–Crippen MR) is 131 cm³/mol. The zero-order valence-corrected chi connectivity index (χ0v) is 19.9. The summed E-state index contributed by atoms with van der Waals surface area (Å²) in [6.45, 7) is 3.92. The van der Waals surface area contributed by atoms with Crippen molar-refractivity contribution in [3.8, 4) is 5.75 Å². The van der Waals surface area contributed by atoms with Crippen LogP contribution in [0.25, 0.3) is 0 Å². The standard InChI is InChI=1S/C27H29ClN2O3/c1-19-13-14-20(2)25(15-19)33-18-26(31)30(17-22-11-7-8-12-23(22)28)24(27(32)29-3)16-21-9-5-4-6-10-21/h4-15,24H,16-18H2,1-3H3,(H,29,32)/t24-/m1/s1. The summed E-state index contributed by atoms with van der Waals surface area (Å²) in [7, 11) is 1.57. The molecule has 172 valence electrons. The van der Waals surface area contributed by atoms with Crippen LogP contribution >= 0.6 is 11.6 Å². The Morgan fingerprint density at radius 3 is 2.39 bits per heavy atom. The van der Waals surface area contributed by atoms with Gasteiger partial charge in [-0.2, -0.15) is 0 Å². The van der Waals surface area contributed by atoms with E-state index in [1.165, 1.54) is 0 Å². The van der Waals surface area contributed by atoms with Crippen molar-refractivity contribution in [3.63, 3.8) is 0 Å². The van der Waals surface area contributed by atoms with Crippen LogP contribution in [-0.4, -0.2) is 36.4 Å². The summed E-state index contributed by atoms with van der Waals surface area (Å²) in [4.78, 5) is 27.9. The number of ether oxygens (including phenoxy) is 1. The molecule has 0 heterocycles. The maximum absolute atomic E-state index is 13.5. The number of benzene rings is 3. The van der Waals surface area contributed by atoms with E-state index in [1.807, 2.05) is 80.6 Å². The first-order valence-corrected chi connectivity index (χ1v) is 11.2. The van der Waals surface area contributed by atoms with E-state index in [2.05, 4.69) is 5.32 Å². The maximum Gasteiger partial charge on any atom is 0.261 e. The molecule has 0 saturated carbocycles. The number of amides is 2. The summed E-state index contributed by atoms with van der Waals surface area (Å²) in [5.74, 6) is 0.118. The fourth-order valence-corrected chi connectivity index (χ4v) is 3.81. The second-order valence-corrected chi connectivity index (χ2v) is 8.40. The van der Waals surface area contributed by atoms with E-state index >= 15 is 0 Å². The van der Waals surface area contributed by atoms with Gasteiger partial charge >= 0.3 is 0 Å². The third-order valence-corrected chi connectivity index (χ3v) is 5.88. The number of halogens is 1. The lowest BCUT2D eigenvalue weighted by molar-refractivity contribution is -0.142. The smallest absolute Gasteiger partial charge is 0.261 e. The molecule has 0 radical (unpaired) electrons. The molecule has 0 aliphatic carbocycles. The Balaban J connectivity index is 1.90. The molecule has 0 unspecified atom stereocenters. The van der Waals surface area contributed by atoms with E-state index < -0.39 is 6.04 Å². The van der Waals surface area contributed by atoms with E-state index in [9.17, 15) is 9.59 Å². The van der Waals surface area contributed by atoms with Crippen molar-refractivity contribution in [1.82, 2.24) is 10.2 Å². The number of hydrogen-bond donors (Lipinski definition) is 1. The number of hydrogen-bond acceptors (Lipinski definition) is 3. The van der Waals surface area contributed by atoms with Crippen LogP contribution in [0, 0.1) is 13.8 Å². The van der Waals surface area contributed by atoms with Crippen LogP contribution in [0.4, 0.5) is 0 Å². The fraction of sp³-hybridized carbons (Fsp3) is 0.259. The van der Waals surface area contributed by atoms with Crippen LogP contribution < -0.4 is 10.1 Å². The number of nitrogens with zero attached hydrogens (tertiary/aromatic N) is 1. The molecule has 0 spiro atoms. The SMILES string of the molecule is CNC(=O)[C@@H](Cc1ccccc1)N(Cc1ccccc1Cl)C(=O)COc1cc(C)ccc1C. The van der Waals surface area contributed by atoms with Gasteiger partial charge in [0.25, 0.3) is 5.91 Å². The fourth-order valence-electron chi connectivity index (χ4n) is 3.62. The monoisotopic (exact) mass is 464 g/mol. The minimum Gasteiger partial charge on any atom is -0.483 e. The maximum atomic E-state index is 13.5. The highest BCUT2D eigenvalue weighted by Crippen LogP contribution is 2.22. The van der Waals surface area contributed by atoms with Gasteiger partial charge in [-0.25, -0.2) is 0 Å². The molecule has 2 amide bonds. The lowest BCUT2D eigenvalue weighted by Gasteiger charge is -2.31. The first kappa shape index (κ1) is 24.3. The zero-order valence-electron chi connectivity index (χ0n) is 19.2. The Kier molecular flexibility index (Phi) is 8.50. The molecule has 0 bridgehead atoms. The molecule has 0 fully saturated rings. The van der Waals surface area contributed by atoms with Crippen molar-refractivity contribution in [2.75, 3.05) is 13.7 Å². The molecular weight excluding hydrogens is 436 g/mol. The quantitative estimate of drug-likeness (QED) is 0.498. The Hall–Kier alpha value is -3.31. The van der Waals surface area contributed by atoms with E-state index in [1.54, 1.807) is 18.0 Å². The normalized spacial score (nSPS) is 11.5. The lowest BCUT2D eigenvalue weighted by atomic mass is 10.0. The van der Waals surface area contributed by atoms with Crippen molar-refractivity contribution in [2.24, 2.45) is 0 Å². The lowest BCUT2D eigenvalue weighted by Crippen LogP contribution is -2.51. The molecule has 0 aromatic heterocycles. The summed E-state index contributed by atoms with van der Waals surface area (Å²) in [6.07, 6.45) is 0.375. The predicted octanol–water partition coefficient (Wildman–Crippen LogP) is 4.72. The Bertz CT molecular complexity index is 1100. The highest BCUT2D eigenvalue weighted by Gasteiger charge is 2.30. The third kappa shape index (κ3) is 6.59. The Morgan fingerprint density at radius 1 is 1.00 bits per heavy atom. The van der Waals surface area contributed by atoms with Crippen LogP contribution in [0.5, 0.6) is 5.75 Å². The van der Waals surface area contributed by atoms with Crippen LogP contribution in [0.15, 0.2) is 72.8 Å². The van der Waals surface area contributed by atoms with Gasteiger partial charge in [-0.3, -0.25) is 9.59 Å². The molecule has 33 heavy (non-hydrogen) atoms. The van der Waals surface area contributed by atoms with Gasteiger partial charge in [-0.1, -0.05) is 72.3 Å². The van der Waals surface area contributed by atoms with Crippen LogP contribution in [0.2, 0.25) is 5.02 Å². The van der Waals surface area contributed by atoms with Gasteiger partial charge < -0.3 is 15.0 Å². The number of nitrogens with one attached hydrogen (secondary N) is 1. The molecule has 1 atom stereocenters. The van der Waals surface area contributed by atoms with Gasteiger partial charge in [0, 0.05) is 25.0 Å². The number of aryl methyl sites for hydroxylation is 2. The van der Waals surface area contributed by atoms with Crippen molar-refractivity contribution < 1.29 is 14.3 Å². The molecule has 3 rings (SSSR count). The third-order valence-electron chi connectivity index (χ3n) is 5.51. The Labute approximate surface area is 200 Å². The second-order valence-electron chi connectivity index (χ2n) is 7.99. The number of likely N-dealkylation sites (N-methyl/N-ethyl adjacent to an activating group) is 1. The van der Waals surface area contributed by atoms with Crippen LogP contribution in [-0.2, 0) is 22.6 Å². The van der Waals surface area contributed by atoms with Gasteiger partial charge in [0.2, 0.25) is 5.91 Å². The van der Waals surface area contributed by atoms with E-state index in [4.69, 9.17) is 16.3 Å². The van der Waals surface area contributed by atoms with E-state index in [0.29, 0.717) is 17.2 Å². The number of carbonyl (C=O) groups is 2. The largest absolute Gasteiger partial charge is 0.483 e. The van der Waals surface area contributed by atoms with Crippen LogP contribution in [0.1, 0.15) is 22.3 Å². The van der Waals surface area contributed by atoms with Gasteiger partial charge in [-0.15, -0.1) is 0 Å². The zero-order chi connectivity index (χ0) is 23.8. The first-order chi connectivity index (χ1) is 15.9. The van der Waals surface area contributed by atoms with Crippen molar-refractivity contribution in [1.29, 1.82) is 0 Å². The minimum absolute atomic E-state index is 0.184. The molecule has 0 aliphatic heterocycles. The van der Waals surface area contributed by atoms with Crippen molar-refractivity contribution >= 4 is 23.4 Å². The van der Waals surface area contributed by atoms with E-state index in [0.717, 1.165) is 22.3 Å². The summed E-state index contributed by atoms with van der Waals surface area (Å²) in [6, 6.07) is 22.1. The van der Waals surface area contributed by atoms with Gasteiger partial charge in [-0.05, 0) is 48.2 Å². The molecular formula is C27H29ClN2O3. The Morgan fingerprint density at radius 2 is 1.70 bits per heavy atom. The van der Waals surface area contributed by atoms with Crippen LogP contribution in [0.3, 0.4) is 0 Å². The average Bonchev–Trinajstić information content (AvgIpc) is 2.83.